The molecule has 0 aromatic rings. The fourth-order valence-corrected chi connectivity index (χ4v) is 2.23. The van der Waals surface area contributed by atoms with Crippen molar-refractivity contribution < 1.29 is 19.4 Å². The Morgan fingerprint density at radius 3 is 2.83 bits per heavy atom. The van der Waals surface area contributed by atoms with E-state index in [9.17, 15) is 9.59 Å². The fraction of sp³-hybridized carbons (Fsp3) is 0.833. The first-order valence-electron chi connectivity index (χ1n) is 6.32. The van der Waals surface area contributed by atoms with Crippen LogP contribution >= 0.6 is 0 Å². The van der Waals surface area contributed by atoms with Gasteiger partial charge in [0.05, 0.1) is 12.0 Å². The highest BCUT2D eigenvalue weighted by Gasteiger charge is 2.28. The summed E-state index contributed by atoms with van der Waals surface area (Å²) in [6, 6.07) is -0.656. The van der Waals surface area contributed by atoms with E-state index in [-0.39, 0.29) is 17.9 Å². The van der Waals surface area contributed by atoms with Crippen molar-refractivity contribution in [2.75, 3.05) is 13.7 Å². The van der Waals surface area contributed by atoms with Crippen molar-refractivity contribution in [2.24, 2.45) is 11.7 Å². The molecule has 0 heterocycles. The maximum atomic E-state index is 11.8. The standard InChI is InChI=1S/C12H22N2O4/c1-18-6-5-10(13)11(15)14-9-4-2-3-8(7-9)12(16)17/h8-10H,2-7,13H2,1H3,(H,14,15)(H,16,17). The Labute approximate surface area is 107 Å². The molecule has 3 unspecified atom stereocenters. The third-order valence-electron chi connectivity index (χ3n) is 3.34. The number of ether oxygens (including phenoxy) is 1. The fourth-order valence-electron chi connectivity index (χ4n) is 2.23. The summed E-state index contributed by atoms with van der Waals surface area (Å²) in [7, 11) is 1.56. The number of hydrogen-bond donors (Lipinski definition) is 3. The molecule has 1 aliphatic carbocycles. The van der Waals surface area contributed by atoms with E-state index in [1.807, 2.05) is 0 Å². The van der Waals surface area contributed by atoms with Gasteiger partial charge in [-0.3, -0.25) is 9.59 Å². The Morgan fingerprint density at radius 2 is 2.22 bits per heavy atom. The smallest absolute Gasteiger partial charge is 0.306 e. The van der Waals surface area contributed by atoms with Gasteiger partial charge in [-0.05, 0) is 25.7 Å². The van der Waals surface area contributed by atoms with Gasteiger partial charge >= 0.3 is 5.97 Å². The lowest BCUT2D eigenvalue weighted by molar-refractivity contribution is -0.143. The van der Waals surface area contributed by atoms with Crippen LogP contribution in [0, 0.1) is 5.92 Å². The van der Waals surface area contributed by atoms with E-state index in [0.717, 1.165) is 12.8 Å². The first kappa shape index (κ1) is 14.9. The molecule has 1 aliphatic rings. The lowest BCUT2D eigenvalue weighted by Gasteiger charge is -2.28. The van der Waals surface area contributed by atoms with Crippen LogP contribution < -0.4 is 11.1 Å². The van der Waals surface area contributed by atoms with E-state index in [0.29, 0.717) is 25.9 Å². The number of carbonyl (C=O) groups excluding carboxylic acids is 1. The number of carboxylic acid groups (broad SMARTS) is 1. The summed E-state index contributed by atoms with van der Waals surface area (Å²) in [5.74, 6) is -1.35. The maximum absolute atomic E-state index is 11.8. The Bertz CT molecular complexity index is 296. The molecule has 4 N–H and O–H groups in total. The molecule has 0 bridgehead atoms. The molecule has 0 aromatic carbocycles. The summed E-state index contributed by atoms with van der Waals surface area (Å²) in [5.41, 5.74) is 5.71. The van der Waals surface area contributed by atoms with Crippen LogP contribution in [0.2, 0.25) is 0 Å². The van der Waals surface area contributed by atoms with Gasteiger partial charge in [0.15, 0.2) is 0 Å². The normalized spacial score (nSPS) is 25.4. The third-order valence-corrected chi connectivity index (χ3v) is 3.34. The highest BCUT2D eigenvalue weighted by molar-refractivity contribution is 5.81. The van der Waals surface area contributed by atoms with Crippen molar-refractivity contribution in [3.63, 3.8) is 0 Å². The van der Waals surface area contributed by atoms with Crippen molar-refractivity contribution in [3.8, 4) is 0 Å². The van der Waals surface area contributed by atoms with Gasteiger partial charge in [0.25, 0.3) is 0 Å². The van der Waals surface area contributed by atoms with Crippen LogP contribution in [0.15, 0.2) is 0 Å². The van der Waals surface area contributed by atoms with Crippen LogP contribution in [0.1, 0.15) is 32.1 Å². The molecule has 0 aliphatic heterocycles. The van der Waals surface area contributed by atoms with E-state index in [2.05, 4.69) is 5.32 Å². The molecule has 0 radical (unpaired) electrons. The maximum Gasteiger partial charge on any atom is 0.306 e. The average Bonchev–Trinajstić information content (AvgIpc) is 2.36. The van der Waals surface area contributed by atoms with Crippen molar-refractivity contribution >= 4 is 11.9 Å². The van der Waals surface area contributed by atoms with E-state index in [1.165, 1.54) is 0 Å². The topological polar surface area (TPSA) is 102 Å². The first-order chi connectivity index (χ1) is 8.54. The molecule has 18 heavy (non-hydrogen) atoms. The Balaban J connectivity index is 2.37. The summed E-state index contributed by atoms with van der Waals surface area (Å²) in [5, 5.41) is 11.8. The molecular formula is C12H22N2O4. The van der Waals surface area contributed by atoms with Gasteiger partial charge in [-0.25, -0.2) is 0 Å². The Morgan fingerprint density at radius 1 is 1.50 bits per heavy atom. The van der Waals surface area contributed by atoms with Gasteiger partial charge in [0.1, 0.15) is 0 Å². The number of nitrogens with two attached hydrogens (primary N) is 1. The first-order valence-corrected chi connectivity index (χ1v) is 6.32. The van der Waals surface area contributed by atoms with Crippen molar-refractivity contribution in [1.29, 1.82) is 0 Å². The molecule has 6 heteroatoms. The van der Waals surface area contributed by atoms with Gasteiger partial charge in [-0.15, -0.1) is 0 Å². The van der Waals surface area contributed by atoms with E-state index >= 15 is 0 Å². The molecule has 3 atom stereocenters. The molecule has 0 spiro atoms. The minimum atomic E-state index is -0.780. The molecule has 0 aromatic heterocycles. The monoisotopic (exact) mass is 258 g/mol. The van der Waals surface area contributed by atoms with Crippen LogP contribution in [0.5, 0.6) is 0 Å². The number of amides is 1. The zero-order valence-electron chi connectivity index (χ0n) is 10.7. The van der Waals surface area contributed by atoms with Crippen molar-refractivity contribution in [3.05, 3.63) is 0 Å². The summed E-state index contributed by atoms with van der Waals surface area (Å²) >= 11 is 0. The summed E-state index contributed by atoms with van der Waals surface area (Å²) in [4.78, 5) is 22.7. The highest BCUT2D eigenvalue weighted by atomic mass is 16.5. The molecular weight excluding hydrogens is 236 g/mol. The average molecular weight is 258 g/mol. The summed E-state index contributed by atoms with van der Waals surface area (Å²) in [6.45, 7) is 0.441. The van der Waals surface area contributed by atoms with Crippen LogP contribution in [0.25, 0.3) is 0 Å². The number of carboxylic acids is 1. The molecule has 6 nitrogen and oxygen atoms in total. The van der Waals surface area contributed by atoms with Crippen LogP contribution in [-0.2, 0) is 14.3 Å². The highest BCUT2D eigenvalue weighted by Crippen LogP contribution is 2.24. The van der Waals surface area contributed by atoms with Gasteiger partial charge in [0.2, 0.25) is 5.91 Å². The third kappa shape index (κ3) is 4.62. The van der Waals surface area contributed by atoms with E-state index in [1.54, 1.807) is 7.11 Å². The second-order valence-electron chi connectivity index (χ2n) is 4.80. The minimum absolute atomic E-state index is 0.0686. The molecule has 0 saturated heterocycles. The molecule has 1 fully saturated rings. The number of aliphatic carboxylic acids is 1. The minimum Gasteiger partial charge on any atom is -0.481 e. The molecule has 1 amide bonds. The number of methoxy groups -OCH3 is 1. The van der Waals surface area contributed by atoms with Crippen molar-refractivity contribution in [2.45, 2.75) is 44.2 Å². The molecule has 1 rings (SSSR count). The van der Waals surface area contributed by atoms with E-state index in [4.69, 9.17) is 15.6 Å². The van der Waals surface area contributed by atoms with Gasteiger partial charge in [-0.2, -0.15) is 0 Å². The number of rotatable bonds is 6. The summed E-state index contributed by atoms with van der Waals surface area (Å²) < 4.78 is 4.86. The Kier molecular flexibility index (Phi) is 6.07. The van der Waals surface area contributed by atoms with Crippen molar-refractivity contribution in [1.82, 2.24) is 5.32 Å². The van der Waals surface area contributed by atoms with Gasteiger partial charge in [0, 0.05) is 19.8 Å². The predicted octanol–water partition coefficient (Wildman–Crippen LogP) is 0.110. The second kappa shape index (κ2) is 7.33. The van der Waals surface area contributed by atoms with E-state index < -0.39 is 12.0 Å². The second-order valence-corrected chi connectivity index (χ2v) is 4.80. The van der Waals surface area contributed by atoms with Gasteiger partial charge in [-0.1, -0.05) is 6.42 Å². The molecule has 104 valence electrons. The summed E-state index contributed by atoms with van der Waals surface area (Å²) in [6.07, 6.45) is 3.31. The molecule has 1 saturated carbocycles. The number of hydrogen-bond acceptors (Lipinski definition) is 4. The zero-order chi connectivity index (χ0) is 13.5. The van der Waals surface area contributed by atoms with Crippen LogP contribution in [0.3, 0.4) is 0 Å². The van der Waals surface area contributed by atoms with Crippen LogP contribution in [-0.4, -0.2) is 42.8 Å². The zero-order valence-corrected chi connectivity index (χ0v) is 10.7. The lowest BCUT2D eigenvalue weighted by Crippen LogP contribution is -2.47. The lowest BCUT2D eigenvalue weighted by atomic mass is 9.85. The predicted molar refractivity (Wildman–Crippen MR) is 66.0 cm³/mol. The van der Waals surface area contributed by atoms with Crippen LogP contribution in [0.4, 0.5) is 0 Å². The SMILES string of the molecule is COCCC(N)C(=O)NC1CCCC(C(=O)O)C1. The van der Waals surface area contributed by atoms with Gasteiger partial charge < -0.3 is 20.9 Å². The largest absolute Gasteiger partial charge is 0.481 e. The number of nitrogens with one attached hydrogen (secondary N) is 1. The Hall–Kier alpha value is -1.14. The quantitative estimate of drug-likeness (QED) is 0.627. The number of carbonyl (C=O) groups is 2.